The molecule has 16 heavy (non-hydrogen) atoms. The van der Waals surface area contributed by atoms with Crippen LogP contribution in [0, 0.1) is 11.8 Å². The lowest BCUT2D eigenvalue weighted by Crippen LogP contribution is -2.51. The van der Waals surface area contributed by atoms with Crippen molar-refractivity contribution in [3.05, 3.63) is 0 Å². The molecule has 1 aliphatic heterocycles. The van der Waals surface area contributed by atoms with Gasteiger partial charge in [-0.05, 0) is 24.8 Å². The van der Waals surface area contributed by atoms with Crippen LogP contribution in [0.25, 0.3) is 0 Å². The first kappa shape index (κ1) is 13.9. The van der Waals surface area contributed by atoms with Gasteiger partial charge in [-0.1, -0.05) is 20.8 Å². The molecule has 3 N–H and O–H groups in total. The SMILES string of the molecule is CC(C)CNS(=O)(=O)NC1CNCC(C)C1. The standard InChI is InChI=1S/C10H23N3O2S/c1-8(2)5-12-16(14,15)13-10-4-9(3)6-11-7-10/h8-13H,4-7H2,1-3H3. The Balaban J connectivity index is 2.39. The second-order valence-electron chi connectivity index (χ2n) is 5.06. The van der Waals surface area contributed by atoms with E-state index in [2.05, 4.69) is 21.7 Å². The van der Waals surface area contributed by atoms with E-state index in [1.165, 1.54) is 0 Å². The number of hydrogen-bond donors (Lipinski definition) is 3. The van der Waals surface area contributed by atoms with Gasteiger partial charge in [0, 0.05) is 19.1 Å². The molecule has 0 aliphatic carbocycles. The van der Waals surface area contributed by atoms with Crippen molar-refractivity contribution < 1.29 is 8.42 Å². The van der Waals surface area contributed by atoms with Crippen LogP contribution in [-0.2, 0) is 10.2 Å². The quantitative estimate of drug-likeness (QED) is 0.645. The molecule has 0 aromatic rings. The Bertz CT molecular complexity index is 303. The first-order valence-electron chi connectivity index (χ1n) is 5.86. The average molecular weight is 249 g/mol. The van der Waals surface area contributed by atoms with Crippen LogP contribution >= 0.6 is 0 Å². The molecular formula is C10H23N3O2S. The van der Waals surface area contributed by atoms with E-state index in [1.54, 1.807) is 0 Å². The summed E-state index contributed by atoms with van der Waals surface area (Å²) in [4.78, 5) is 0. The van der Waals surface area contributed by atoms with E-state index in [0.717, 1.165) is 13.0 Å². The molecule has 5 nitrogen and oxygen atoms in total. The minimum Gasteiger partial charge on any atom is -0.315 e. The zero-order chi connectivity index (χ0) is 12.2. The van der Waals surface area contributed by atoms with Crippen molar-refractivity contribution in [3.8, 4) is 0 Å². The second-order valence-corrected chi connectivity index (χ2v) is 6.59. The maximum absolute atomic E-state index is 11.7. The summed E-state index contributed by atoms with van der Waals surface area (Å²) in [6, 6.07) is 0.00779. The van der Waals surface area contributed by atoms with Gasteiger partial charge in [-0.25, -0.2) is 4.72 Å². The van der Waals surface area contributed by atoms with Gasteiger partial charge in [0.05, 0.1) is 0 Å². The van der Waals surface area contributed by atoms with E-state index in [4.69, 9.17) is 0 Å². The first-order valence-corrected chi connectivity index (χ1v) is 7.35. The number of hydrogen-bond acceptors (Lipinski definition) is 3. The number of nitrogens with one attached hydrogen (secondary N) is 3. The highest BCUT2D eigenvalue weighted by Crippen LogP contribution is 2.09. The maximum atomic E-state index is 11.7. The van der Waals surface area contributed by atoms with Gasteiger partial charge in [0.15, 0.2) is 0 Å². The third-order valence-corrected chi connectivity index (χ3v) is 3.76. The molecule has 0 saturated carbocycles. The zero-order valence-corrected chi connectivity index (χ0v) is 11.1. The van der Waals surface area contributed by atoms with Crippen molar-refractivity contribution in [2.24, 2.45) is 11.8 Å². The molecule has 1 aliphatic rings. The van der Waals surface area contributed by atoms with Crippen LogP contribution in [-0.4, -0.2) is 34.1 Å². The van der Waals surface area contributed by atoms with Crippen LogP contribution in [0.2, 0.25) is 0 Å². The predicted octanol–water partition coefficient (Wildman–Crippen LogP) is 0.0644. The minimum absolute atomic E-state index is 0.00779. The van der Waals surface area contributed by atoms with Gasteiger partial charge in [-0.15, -0.1) is 0 Å². The van der Waals surface area contributed by atoms with E-state index >= 15 is 0 Å². The van der Waals surface area contributed by atoms with Crippen molar-refractivity contribution in [1.82, 2.24) is 14.8 Å². The largest absolute Gasteiger partial charge is 0.315 e. The Labute approximate surface area is 98.6 Å². The van der Waals surface area contributed by atoms with Gasteiger partial charge in [0.2, 0.25) is 0 Å². The van der Waals surface area contributed by atoms with Gasteiger partial charge in [-0.2, -0.15) is 13.1 Å². The van der Waals surface area contributed by atoms with E-state index in [9.17, 15) is 8.42 Å². The van der Waals surface area contributed by atoms with Gasteiger partial charge in [-0.3, -0.25) is 0 Å². The third kappa shape index (κ3) is 5.25. The summed E-state index contributed by atoms with van der Waals surface area (Å²) in [7, 11) is -3.34. The Morgan fingerprint density at radius 2 is 2.06 bits per heavy atom. The fraction of sp³-hybridized carbons (Fsp3) is 1.00. The van der Waals surface area contributed by atoms with Crippen LogP contribution in [0.1, 0.15) is 27.2 Å². The third-order valence-electron chi connectivity index (χ3n) is 2.57. The molecule has 0 aromatic heterocycles. The molecule has 1 saturated heterocycles. The van der Waals surface area contributed by atoms with Gasteiger partial charge in [0.1, 0.15) is 0 Å². The van der Waals surface area contributed by atoms with Crippen molar-refractivity contribution in [2.45, 2.75) is 33.2 Å². The molecule has 0 bridgehead atoms. The topological polar surface area (TPSA) is 70.2 Å². The van der Waals surface area contributed by atoms with Crippen LogP contribution < -0.4 is 14.8 Å². The lowest BCUT2D eigenvalue weighted by molar-refractivity contribution is 0.345. The van der Waals surface area contributed by atoms with E-state index in [1.807, 2.05) is 13.8 Å². The van der Waals surface area contributed by atoms with E-state index < -0.39 is 10.2 Å². The fourth-order valence-corrected chi connectivity index (χ4v) is 3.04. The first-order chi connectivity index (χ1) is 7.39. The monoisotopic (exact) mass is 249 g/mol. The van der Waals surface area contributed by atoms with Crippen LogP contribution in [0.3, 0.4) is 0 Å². The average Bonchev–Trinajstić information content (AvgIpc) is 2.14. The van der Waals surface area contributed by atoms with Crippen molar-refractivity contribution >= 4 is 10.2 Å². The Morgan fingerprint density at radius 3 is 2.62 bits per heavy atom. The molecule has 0 spiro atoms. The summed E-state index contributed by atoms with van der Waals surface area (Å²) in [5.41, 5.74) is 0. The summed E-state index contributed by atoms with van der Waals surface area (Å²) >= 11 is 0. The number of piperidine rings is 1. The lowest BCUT2D eigenvalue weighted by atomic mass is 9.99. The number of rotatable bonds is 5. The smallest absolute Gasteiger partial charge is 0.277 e. The molecule has 96 valence electrons. The molecule has 1 fully saturated rings. The summed E-state index contributed by atoms with van der Waals surface area (Å²) in [6.45, 7) is 8.24. The minimum atomic E-state index is -3.34. The molecular weight excluding hydrogens is 226 g/mol. The molecule has 0 aromatic carbocycles. The Morgan fingerprint density at radius 1 is 1.38 bits per heavy atom. The van der Waals surface area contributed by atoms with Crippen molar-refractivity contribution in [3.63, 3.8) is 0 Å². The van der Waals surface area contributed by atoms with Crippen LogP contribution in [0.5, 0.6) is 0 Å². The normalized spacial score (nSPS) is 27.2. The van der Waals surface area contributed by atoms with Gasteiger partial charge < -0.3 is 5.32 Å². The van der Waals surface area contributed by atoms with Crippen molar-refractivity contribution in [2.75, 3.05) is 19.6 Å². The molecule has 6 heteroatoms. The molecule has 1 heterocycles. The maximum Gasteiger partial charge on any atom is 0.277 e. The molecule has 0 radical (unpaired) electrons. The zero-order valence-electron chi connectivity index (χ0n) is 10.3. The van der Waals surface area contributed by atoms with Gasteiger partial charge in [0.25, 0.3) is 10.2 Å². The van der Waals surface area contributed by atoms with E-state index in [-0.39, 0.29) is 6.04 Å². The Hall–Kier alpha value is -0.170. The highest BCUT2D eigenvalue weighted by Gasteiger charge is 2.22. The summed E-state index contributed by atoms with van der Waals surface area (Å²) < 4.78 is 28.6. The summed E-state index contributed by atoms with van der Waals surface area (Å²) in [6.07, 6.45) is 0.898. The molecule has 0 amide bonds. The van der Waals surface area contributed by atoms with E-state index in [0.29, 0.717) is 24.9 Å². The highest BCUT2D eigenvalue weighted by molar-refractivity contribution is 7.87. The molecule has 2 atom stereocenters. The second kappa shape index (κ2) is 5.95. The van der Waals surface area contributed by atoms with Crippen LogP contribution in [0.4, 0.5) is 0 Å². The predicted molar refractivity (Wildman–Crippen MR) is 65.3 cm³/mol. The highest BCUT2D eigenvalue weighted by atomic mass is 32.2. The molecule has 1 rings (SSSR count). The lowest BCUT2D eigenvalue weighted by Gasteiger charge is -2.28. The summed E-state index contributed by atoms with van der Waals surface area (Å²) in [5.74, 6) is 0.839. The van der Waals surface area contributed by atoms with Crippen molar-refractivity contribution in [1.29, 1.82) is 0 Å². The molecule has 2 unspecified atom stereocenters. The Kier molecular flexibility index (Phi) is 5.17. The van der Waals surface area contributed by atoms with Gasteiger partial charge >= 0.3 is 0 Å². The fourth-order valence-electron chi connectivity index (χ4n) is 1.78. The van der Waals surface area contributed by atoms with Crippen LogP contribution in [0.15, 0.2) is 0 Å². The summed E-state index contributed by atoms with van der Waals surface area (Å²) in [5, 5.41) is 3.22.